The number of aryl methyl sites for hydroxylation is 1. The highest BCUT2D eigenvalue weighted by Crippen LogP contribution is 2.32. The van der Waals surface area contributed by atoms with Crippen LogP contribution in [0.25, 0.3) is 0 Å². The van der Waals surface area contributed by atoms with Gasteiger partial charge in [-0.3, -0.25) is 9.59 Å². The van der Waals surface area contributed by atoms with Crippen molar-refractivity contribution in [3.8, 4) is 5.75 Å². The fourth-order valence-electron chi connectivity index (χ4n) is 3.93. The van der Waals surface area contributed by atoms with Gasteiger partial charge in [-0.2, -0.15) is 0 Å². The first-order chi connectivity index (χ1) is 12.6. The maximum Gasteiger partial charge on any atom is 0.255 e. The summed E-state index contributed by atoms with van der Waals surface area (Å²) in [6, 6.07) is 2.86. The van der Waals surface area contributed by atoms with Crippen LogP contribution < -0.4 is 10.3 Å². The lowest BCUT2D eigenvalue weighted by molar-refractivity contribution is -0.122. The van der Waals surface area contributed by atoms with Gasteiger partial charge in [-0.05, 0) is 25.3 Å². The second-order valence-electron chi connectivity index (χ2n) is 7.07. The molecule has 1 saturated carbocycles. The number of methoxy groups -OCH3 is 1. The van der Waals surface area contributed by atoms with Gasteiger partial charge in [0.2, 0.25) is 0 Å². The Hall–Kier alpha value is -1.95. The van der Waals surface area contributed by atoms with Gasteiger partial charge in [0, 0.05) is 23.3 Å². The molecular weight excluding hydrogens is 348 g/mol. The molecule has 2 aromatic heterocycles. The van der Waals surface area contributed by atoms with Crippen LogP contribution in [0.5, 0.6) is 5.75 Å². The molecule has 1 atom stereocenters. The van der Waals surface area contributed by atoms with Crippen LogP contribution in [0.1, 0.15) is 55.3 Å². The number of ether oxygens (including phenoxy) is 1. The van der Waals surface area contributed by atoms with Crippen molar-refractivity contribution in [3.05, 3.63) is 44.8 Å². The molecule has 0 amide bonds. The number of pyridine rings is 1. The van der Waals surface area contributed by atoms with Crippen LogP contribution in [0.2, 0.25) is 0 Å². The van der Waals surface area contributed by atoms with Gasteiger partial charge in [0.1, 0.15) is 5.75 Å². The van der Waals surface area contributed by atoms with E-state index in [1.54, 1.807) is 17.9 Å². The van der Waals surface area contributed by atoms with Crippen molar-refractivity contribution in [3.63, 3.8) is 0 Å². The molecule has 1 unspecified atom stereocenters. The van der Waals surface area contributed by atoms with Gasteiger partial charge in [0.15, 0.2) is 5.78 Å². The maximum atomic E-state index is 13.1. The lowest BCUT2D eigenvalue weighted by Gasteiger charge is -2.28. The summed E-state index contributed by atoms with van der Waals surface area (Å²) >= 11 is 1.49. The van der Waals surface area contributed by atoms with Gasteiger partial charge < -0.3 is 9.30 Å². The van der Waals surface area contributed by atoms with Crippen LogP contribution in [0.4, 0.5) is 0 Å². The number of carbonyl (C=O) groups is 1. The topological polar surface area (TPSA) is 61.2 Å². The molecule has 140 valence electrons. The third-order valence-electron chi connectivity index (χ3n) is 5.24. The van der Waals surface area contributed by atoms with Gasteiger partial charge in [-0.25, -0.2) is 4.98 Å². The summed E-state index contributed by atoms with van der Waals surface area (Å²) in [5.41, 5.74) is 0.595. The number of rotatable bonds is 7. The van der Waals surface area contributed by atoms with Crippen molar-refractivity contribution >= 4 is 17.1 Å². The Balaban J connectivity index is 1.91. The molecule has 1 aliphatic carbocycles. The number of nitrogens with zero attached hydrogens (tertiary/aromatic N) is 2. The predicted octanol–water partition coefficient (Wildman–Crippen LogP) is 3.95. The predicted molar refractivity (Wildman–Crippen MR) is 103 cm³/mol. The number of aromatic nitrogens is 2. The average molecular weight is 375 g/mol. The van der Waals surface area contributed by atoms with Crippen LogP contribution in [-0.4, -0.2) is 22.4 Å². The Kier molecular flexibility index (Phi) is 6.25. The van der Waals surface area contributed by atoms with Crippen LogP contribution in [0, 0.1) is 12.8 Å². The number of Topliss-reactive ketones (excluding diaryl/α,β-unsaturated/α-hetero) is 1. The molecule has 1 aliphatic rings. The van der Waals surface area contributed by atoms with Crippen LogP contribution in [0.15, 0.2) is 28.5 Å². The zero-order valence-corrected chi connectivity index (χ0v) is 16.3. The van der Waals surface area contributed by atoms with E-state index in [1.807, 2.05) is 18.4 Å². The fourth-order valence-corrected chi connectivity index (χ4v) is 4.55. The first-order valence-corrected chi connectivity index (χ1v) is 10.1. The number of hydrogen-bond donors (Lipinski definition) is 0. The largest absolute Gasteiger partial charge is 0.496 e. The standard InChI is InChI=1S/C20H26N2O3S/c1-14-10-16(25-2)12-20(24)22(14)17(11-15-6-4-3-5-7-15)18(23)13-19-21-8-9-26-19/h8-10,12,15,17H,3-7,11,13H2,1-2H3. The Morgan fingerprint density at radius 2 is 2.12 bits per heavy atom. The van der Waals surface area contributed by atoms with E-state index >= 15 is 0 Å². The van der Waals surface area contributed by atoms with E-state index < -0.39 is 6.04 Å². The van der Waals surface area contributed by atoms with Crippen molar-refractivity contribution in [2.45, 2.75) is 57.9 Å². The summed E-state index contributed by atoms with van der Waals surface area (Å²) in [7, 11) is 1.55. The van der Waals surface area contributed by atoms with Crippen molar-refractivity contribution in [1.29, 1.82) is 0 Å². The summed E-state index contributed by atoms with van der Waals surface area (Å²) in [6.07, 6.45) is 8.73. The Labute approximate surface area is 158 Å². The van der Waals surface area contributed by atoms with Crippen LogP contribution in [0.3, 0.4) is 0 Å². The Bertz CT molecular complexity index is 792. The number of carbonyl (C=O) groups excluding carboxylic acids is 1. The Morgan fingerprint density at radius 1 is 1.35 bits per heavy atom. The van der Waals surface area contributed by atoms with E-state index in [4.69, 9.17) is 4.74 Å². The molecule has 3 rings (SSSR count). The van der Waals surface area contributed by atoms with Gasteiger partial charge in [0.05, 0.1) is 24.6 Å². The normalized spacial score (nSPS) is 16.4. The third kappa shape index (κ3) is 4.41. The lowest BCUT2D eigenvalue weighted by Crippen LogP contribution is -2.33. The monoisotopic (exact) mass is 374 g/mol. The summed E-state index contributed by atoms with van der Waals surface area (Å²) in [6.45, 7) is 1.87. The number of hydrogen-bond acceptors (Lipinski definition) is 5. The highest BCUT2D eigenvalue weighted by molar-refractivity contribution is 7.09. The van der Waals surface area contributed by atoms with Gasteiger partial charge in [0.25, 0.3) is 5.56 Å². The molecule has 0 aromatic carbocycles. The highest BCUT2D eigenvalue weighted by atomic mass is 32.1. The summed E-state index contributed by atoms with van der Waals surface area (Å²) in [4.78, 5) is 30.1. The minimum absolute atomic E-state index is 0.0703. The molecule has 0 aliphatic heterocycles. The average Bonchev–Trinajstić information content (AvgIpc) is 3.14. The van der Waals surface area contributed by atoms with E-state index in [0.29, 0.717) is 11.7 Å². The van der Waals surface area contributed by atoms with Gasteiger partial charge in [-0.15, -0.1) is 11.3 Å². The van der Waals surface area contributed by atoms with E-state index in [9.17, 15) is 9.59 Å². The summed E-state index contributed by atoms with van der Waals surface area (Å²) < 4.78 is 6.86. The fraction of sp³-hybridized carbons (Fsp3) is 0.550. The summed E-state index contributed by atoms with van der Waals surface area (Å²) in [5, 5.41) is 2.69. The second kappa shape index (κ2) is 8.62. The summed E-state index contributed by atoms with van der Waals surface area (Å²) in [5.74, 6) is 1.11. The lowest BCUT2D eigenvalue weighted by atomic mass is 9.83. The van der Waals surface area contributed by atoms with E-state index in [2.05, 4.69) is 4.98 Å². The SMILES string of the molecule is COc1cc(C)n(C(CC2CCCCC2)C(=O)Cc2nccs2)c(=O)c1. The van der Waals surface area contributed by atoms with E-state index in [0.717, 1.165) is 30.0 Å². The zero-order valence-electron chi connectivity index (χ0n) is 15.4. The molecule has 0 bridgehead atoms. The van der Waals surface area contributed by atoms with Crippen molar-refractivity contribution in [2.24, 2.45) is 5.92 Å². The highest BCUT2D eigenvalue weighted by Gasteiger charge is 2.28. The first-order valence-electron chi connectivity index (χ1n) is 9.26. The van der Waals surface area contributed by atoms with Crippen LogP contribution in [-0.2, 0) is 11.2 Å². The van der Waals surface area contributed by atoms with Gasteiger partial charge in [-0.1, -0.05) is 32.1 Å². The number of thiazole rings is 1. The van der Waals surface area contributed by atoms with E-state index in [1.165, 1.54) is 36.7 Å². The quantitative estimate of drug-likeness (QED) is 0.736. The molecule has 26 heavy (non-hydrogen) atoms. The van der Waals surface area contributed by atoms with Crippen molar-refractivity contribution in [1.82, 2.24) is 9.55 Å². The minimum Gasteiger partial charge on any atom is -0.496 e. The third-order valence-corrected chi connectivity index (χ3v) is 6.02. The van der Waals surface area contributed by atoms with Crippen LogP contribution >= 0.6 is 11.3 Å². The molecule has 1 fully saturated rings. The molecule has 2 aromatic rings. The van der Waals surface area contributed by atoms with Gasteiger partial charge >= 0.3 is 0 Å². The first kappa shape index (κ1) is 18.8. The molecular formula is C20H26N2O3S. The number of ketones is 1. The molecule has 5 nitrogen and oxygen atoms in total. The molecule has 0 spiro atoms. The molecule has 0 radical (unpaired) electrons. The molecule has 0 N–H and O–H groups in total. The Morgan fingerprint density at radius 3 is 2.73 bits per heavy atom. The minimum atomic E-state index is -0.430. The molecule has 2 heterocycles. The second-order valence-corrected chi connectivity index (χ2v) is 8.05. The smallest absolute Gasteiger partial charge is 0.255 e. The van der Waals surface area contributed by atoms with E-state index in [-0.39, 0.29) is 17.8 Å². The van der Waals surface area contributed by atoms with Crippen molar-refractivity contribution in [2.75, 3.05) is 7.11 Å². The maximum absolute atomic E-state index is 13.1. The molecule has 0 saturated heterocycles. The molecule has 6 heteroatoms. The zero-order chi connectivity index (χ0) is 18.5. The van der Waals surface area contributed by atoms with Crippen molar-refractivity contribution < 1.29 is 9.53 Å².